The van der Waals surface area contributed by atoms with E-state index in [-0.39, 0.29) is 0 Å². The van der Waals surface area contributed by atoms with E-state index in [9.17, 15) is 0 Å². The molecule has 0 amide bonds. The van der Waals surface area contributed by atoms with E-state index >= 15 is 0 Å². The van der Waals surface area contributed by atoms with E-state index in [1.165, 1.54) is 51.4 Å². The number of hydrogen-bond donors (Lipinski definition) is 0. The lowest BCUT2D eigenvalue weighted by atomic mass is 9.87. The molecule has 26 heavy (non-hydrogen) atoms. The summed E-state index contributed by atoms with van der Waals surface area (Å²) in [5.74, 6) is 1.49. The highest BCUT2D eigenvalue weighted by Gasteiger charge is 2.43. The Morgan fingerprint density at radius 1 is 0.731 bits per heavy atom. The molecule has 0 nitrogen and oxygen atoms in total. The standard InChI is InChI=1S/C25H30Si/c1-26(21-11-3-2-4-12-21,24-17-15-19-9-5-7-13-22(19)24)25-18-16-20-10-6-8-14-23(20)25/h2-4,11-12,15-20H,5-10,13-14H2,1H3. The Labute approximate surface area is 159 Å². The molecule has 0 bridgehead atoms. The van der Waals surface area contributed by atoms with Gasteiger partial charge in [-0.3, -0.25) is 0 Å². The molecular weight excluding hydrogens is 328 g/mol. The van der Waals surface area contributed by atoms with Crippen molar-refractivity contribution in [3.63, 3.8) is 0 Å². The third-order valence-corrected chi connectivity index (χ3v) is 12.0. The van der Waals surface area contributed by atoms with Crippen molar-refractivity contribution in [1.82, 2.24) is 0 Å². The van der Waals surface area contributed by atoms with Gasteiger partial charge in [-0.25, -0.2) is 0 Å². The van der Waals surface area contributed by atoms with E-state index in [1.54, 1.807) is 26.7 Å². The topological polar surface area (TPSA) is 0 Å². The molecular formula is C25H30Si. The fourth-order valence-electron chi connectivity index (χ4n) is 6.01. The molecule has 1 heteroatoms. The molecule has 2 fully saturated rings. The average Bonchev–Trinajstić information content (AvgIpc) is 3.33. The number of rotatable bonds is 3. The van der Waals surface area contributed by atoms with Crippen molar-refractivity contribution in [2.45, 2.75) is 57.9 Å². The first kappa shape index (κ1) is 16.6. The van der Waals surface area contributed by atoms with Crippen LogP contribution in [0.1, 0.15) is 51.4 Å². The third-order valence-electron chi connectivity index (χ3n) is 7.43. The number of hydrogen-bond acceptors (Lipinski definition) is 0. The quantitative estimate of drug-likeness (QED) is 0.567. The number of benzene rings is 1. The van der Waals surface area contributed by atoms with E-state index in [4.69, 9.17) is 0 Å². The summed E-state index contributed by atoms with van der Waals surface area (Å²) >= 11 is 0. The summed E-state index contributed by atoms with van der Waals surface area (Å²) in [5, 5.41) is 5.12. The van der Waals surface area contributed by atoms with Crippen LogP contribution in [0, 0.1) is 11.8 Å². The van der Waals surface area contributed by atoms with E-state index in [1.807, 2.05) is 0 Å². The molecule has 4 aliphatic rings. The normalized spacial score (nSPS) is 29.7. The Bertz CT molecular complexity index is 773. The minimum absolute atomic E-state index is 0.743. The summed E-state index contributed by atoms with van der Waals surface area (Å²) in [5.41, 5.74) is 3.60. The SMILES string of the molecule is C[Si](C1=C2CCCCC2C=C1)(C1=C2CCCCC2C=C1)c1ccccc1. The molecule has 0 saturated heterocycles. The van der Waals surface area contributed by atoms with Crippen LogP contribution in [0.3, 0.4) is 0 Å². The van der Waals surface area contributed by atoms with Gasteiger partial charge < -0.3 is 0 Å². The van der Waals surface area contributed by atoms with Crippen molar-refractivity contribution >= 4 is 13.3 Å². The van der Waals surface area contributed by atoms with Crippen LogP contribution in [0.15, 0.2) is 76.2 Å². The van der Waals surface area contributed by atoms with Crippen LogP contribution in [0.5, 0.6) is 0 Å². The first-order chi connectivity index (χ1) is 12.8. The molecule has 2 unspecified atom stereocenters. The third kappa shape index (κ3) is 2.47. The summed E-state index contributed by atoms with van der Waals surface area (Å²) in [6, 6.07) is 11.5. The molecule has 0 spiro atoms. The van der Waals surface area contributed by atoms with Crippen molar-refractivity contribution in [2.24, 2.45) is 11.8 Å². The maximum atomic E-state index is 2.65. The van der Waals surface area contributed by atoms with Gasteiger partial charge in [0.15, 0.2) is 0 Å². The Balaban J connectivity index is 1.71. The number of fused-ring (bicyclic) bond motifs is 2. The second-order valence-electron chi connectivity index (χ2n) is 8.79. The second kappa shape index (κ2) is 6.53. The molecule has 4 aliphatic carbocycles. The van der Waals surface area contributed by atoms with Gasteiger partial charge in [-0.1, -0.05) is 95.6 Å². The molecule has 0 heterocycles. The van der Waals surface area contributed by atoms with Gasteiger partial charge in [0.05, 0.1) is 0 Å². The minimum Gasteiger partial charge on any atom is -0.0774 e. The van der Waals surface area contributed by atoms with Gasteiger partial charge in [0.2, 0.25) is 0 Å². The Morgan fingerprint density at radius 2 is 1.27 bits per heavy atom. The fraction of sp³-hybridized carbons (Fsp3) is 0.440. The van der Waals surface area contributed by atoms with Crippen LogP contribution in [-0.2, 0) is 0 Å². The zero-order valence-corrected chi connectivity index (χ0v) is 17.0. The van der Waals surface area contributed by atoms with Gasteiger partial charge >= 0.3 is 0 Å². The monoisotopic (exact) mass is 358 g/mol. The second-order valence-corrected chi connectivity index (χ2v) is 12.7. The lowest BCUT2D eigenvalue weighted by molar-refractivity contribution is 0.523. The average molecular weight is 359 g/mol. The predicted molar refractivity (Wildman–Crippen MR) is 114 cm³/mol. The van der Waals surface area contributed by atoms with Crippen LogP contribution >= 0.6 is 0 Å². The van der Waals surface area contributed by atoms with Crippen molar-refractivity contribution in [2.75, 3.05) is 0 Å². The van der Waals surface area contributed by atoms with E-state index in [0.717, 1.165) is 11.8 Å². The van der Waals surface area contributed by atoms with Crippen molar-refractivity contribution in [3.05, 3.63) is 76.2 Å². The molecule has 2 saturated carbocycles. The number of allylic oxidation sites excluding steroid dienone is 8. The molecule has 0 radical (unpaired) electrons. The summed E-state index contributed by atoms with van der Waals surface area (Å²) in [6.45, 7) is 2.65. The minimum atomic E-state index is -1.89. The molecule has 0 aliphatic heterocycles. The molecule has 0 aromatic heterocycles. The molecule has 5 rings (SSSR count). The van der Waals surface area contributed by atoms with E-state index < -0.39 is 8.07 Å². The summed E-state index contributed by atoms with van der Waals surface area (Å²) in [4.78, 5) is 0. The van der Waals surface area contributed by atoms with Gasteiger partial charge in [-0.15, -0.1) is 0 Å². The fourth-order valence-corrected chi connectivity index (χ4v) is 10.5. The summed E-state index contributed by atoms with van der Waals surface area (Å²) < 4.78 is 0. The van der Waals surface area contributed by atoms with Crippen molar-refractivity contribution in [3.8, 4) is 0 Å². The van der Waals surface area contributed by atoms with E-state index in [0.29, 0.717) is 0 Å². The Kier molecular flexibility index (Phi) is 4.16. The smallest absolute Gasteiger partial charge is 0.0774 e. The lowest BCUT2D eigenvalue weighted by Gasteiger charge is -2.35. The first-order valence-corrected chi connectivity index (χ1v) is 13.2. The van der Waals surface area contributed by atoms with Crippen LogP contribution in [0.4, 0.5) is 0 Å². The molecule has 1 aromatic rings. The molecule has 0 N–H and O–H groups in total. The predicted octanol–water partition coefficient (Wildman–Crippen LogP) is 6.16. The van der Waals surface area contributed by atoms with Crippen LogP contribution in [0.25, 0.3) is 0 Å². The largest absolute Gasteiger partial charge is 0.145 e. The maximum Gasteiger partial charge on any atom is 0.145 e. The lowest BCUT2D eigenvalue weighted by Crippen LogP contribution is -2.49. The van der Waals surface area contributed by atoms with Gasteiger partial charge in [-0.2, -0.15) is 0 Å². The van der Waals surface area contributed by atoms with Gasteiger partial charge in [0.25, 0.3) is 0 Å². The van der Waals surface area contributed by atoms with Crippen LogP contribution in [0.2, 0.25) is 6.55 Å². The molecule has 134 valence electrons. The van der Waals surface area contributed by atoms with Crippen molar-refractivity contribution in [1.29, 1.82) is 0 Å². The van der Waals surface area contributed by atoms with Crippen LogP contribution < -0.4 is 5.19 Å². The highest BCUT2D eigenvalue weighted by atomic mass is 28.3. The van der Waals surface area contributed by atoms with Gasteiger partial charge in [0.1, 0.15) is 8.07 Å². The summed E-state index contributed by atoms with van der Waals surface area (Å²) in [6.07, 6.45) is 21.2. The maximum absolute atomic E-state index is 2.65. The van der Waals surface area contributed by atoms with Crippen LogP contribution in [-0.4, -0.2) is 8.07 Å². The Hall–Kier alpha value is -1.60. The highest BCUT2D eigenvalue weighted by Crippen LogP contribution is 2.46. The summed E-state index contributed by atoms with van der Waals surface area (Å²) in [7, 11) is -1.89. The van der Waals surface area contributed by atoms with Crippen molar-refractivity contribution < 1.29 is 0 Å². The van der Waals surface area contributed by atoms with E-state index in [2.05, 4.69) is 61.2 Å². The highest BCUT2D eigenvalue weighted by molar-refractivity contribution is 7.03. The molecule has 2 atom stereocenters. The first-order valence-electron chi connectivity index (χ1n) is 10.7. The zero-order chi connectivity index (χ0) is 17.6. The Morgan fingerprint density at radius 3 is 1.81 bits per heavy atom. The van der Waals surface area contributed by atoms with Gasteiger partial charge in [-0.05, 0) is 55.5 Å². The molecule has 1 aromatic carbocycles. The zero-order valence-electron chi connectivity index (χ0n) is 16.0. The van der Waals surface area contributed by atoms with Gasteiger partial charge in [0, 0.05) is 0 Å².